The van der Waals surface area contributed by atoms with Crippen molar-refractivity contribution in [3.8, 4) is 5.69 Å². The lowest BCUT2D eigenvalue weighted by atomic mass is 10.2. The van der Waals surface area contributed by atoms with Gasteiger partial charge in [0.05, 0.1) is 12.3 Å². The third-order valence-corrected chi connectivity index (χ3v) is 6.51. The highest BCUT2D eigenvalue weighted by molar-refractivity contribution is 7.99. The van der Waals surface area contributed by atoms with E-state index in [0.29, 0.717) is 22.4 Å². The van der Waals surface area contributed by atoms with Crippen LogP contribution in [-0.4, -0.2) is 26.4 Å². The number of aryl methyl sites for hydroxylation is 1. The number of carbonyl (C=O) groups is 1. The summed E-state index contributed by atoms with van der Waals surface area (Å²) >= 11 is 7.50. The maximum absolute atomic E-state index is 12.6. The lowest BCUT2D eigenvalue weighted by molar-refractivity contribution is -0.113. The van der Waals surface area contributed by atoms with Crippen LogP contribution in [0.4, 0.5) is 11.4 Å². The first kappa shape index (κ1) is 22.9. The Morgan fingerprint density at radius 2 is 1.67 bits per heavy atom. The van der Waals surface area contributed by atoms with Crippen molar-refractivity contribution in [3.63, 3.8) is 0 Å². The normalized spacial score (nSPS) is 10.8. The largest absolute Gasteiger partial charge is 0.378 e. The van der Waals surface area contributed by atoms with E-state index in [0.717, 1.165) is 28.3 Å². The molecule has 0 spiro atoms. The van der Waals surface area contributed by atoms with Gasteiger partial charge in [0.2, 0.25) is 5.91 Å². The summed E-state index contributed by atoms with van der Waals surface area (Å²) in [7, 11) is 0. The van der Waals surface area contributed by atoms with Gasteiger partial charge in [-0.05, 0) is 55.3 Å². The predicted molar refractivity (Wildman–Crippen MR) is 135 cm³/mol. The van der Waals surface area contributed by atoms with Crippen LogP contribution in [-0.2, 0) is 11.3 Å². The first-order valence-corrected chi connectivity index (χ1v) is 11.9. The molecule has 4 aromatic rings. The summed E-state index contributed by atoms with van der Waals surface area (Å²) in [6.07, 6.45) is 0. The molecule has 0 radical (unpaired) electrons. The van der Waals surface area contributed by atoms with E-state index < -0.39 is 0 Å². The van der Waals surface area contributed by atoms with Crippen LogP contribution in [0.1, 0.15) is 17.0 Å². The van der Waals surface area contributed by atoms with Gasteiger partial charge in [0.1, 0.15) is 0 Å². The summed E-state index contributed by atoms with van der Waals surface area (Å²) in [5.41, 5.74) is 4.70. The Kier molecular flexibility index (Phi) is 7.32. The second kappa shape index (κ2) is 10.6. The number of halogens is 1. The van der Waals surface area contributed by atoms with E-state index in [9.17, 15) is 4.79 Å². The minimum atomic E-state index is -0.132. The molecule has 0 fully saturated rings. The highest BCUT2D eigenvalue weighted by Gasteiger charge is 2.16. The maximum atomic E-state index is 12.6. The number of carbonyl (C=O) groups excluding carboxylic acids is 1. The van der Waals surface area contributed by atoms with E-state index in [1.165, 1.54) is 11.8 Å². The SMILES string of the molecule is Cc1ccccc1NCc1nnc(SCC(=O)Nc2cccc(Cl)c2C)n1-c1ccccc1. The van der Waals surface area contributed by atoms with Crippen LogP contribution in [0.25, 0.3) is 5.69 Å². The second-order valence-electron chi connectivity index (χ2n) is 7.49. The minimum absolute atomic E-state index is 0.132. The van der Waals surface area contributed by atoms with E-state index in [1.807, 2.05) is 72.2 Å². The number of nitrogens with zero attached hydrogens (tertiary/aromatic N) is 3. The number of para-hydroxylation sites is 2. The van der Waals surface area contributed by atoms with E-state index in [4.69, 9.17) is 11.6 Å². The number of aromatic nitrogens is 3. The molecule has 4 rings (SSSR count). The number of nitrogens with one attached hydrogen (secondary N) is 2. The molecule has 0 atom stereocenters. The van der Waals surface area contributed by atoms with Gasteiger partial charge in [-0.25, -0.2) is 0 Å². The molecule has 8 heteroatoms. The van der Waals surface area contributed by atoms with E-state index >= 15 is 0 Å². The van der Waals surface area contributed by atoms with Crippen molar-refractivity contribution in [1.29, 1.82) is 0 Å². The quantitative estimate of drug-likeness (QED) is 0.310. The third-order valence-electron chi connectivity index (χ3n) is 5.17. The van der Waals surface area contributed by atoms with Crippen LogP contribution in [0, 0.1) is 13.8 Å². The average Bonchev–Trinajstić information content (AvgIpc) is 3.23. The van der Waals surface area contributed by atoms with Gasteiger partial charge >= 0.3 is 0 Å². The lowest BCUT2D eigenvalue weighted by Crippen LogP contribution is -2.15. The lowest BCUT2D eigenvalue weighted by Gasteiger charge is -2.13. The molecule has 0 aliphatic rings. The van der Waals surface area contributed by atoms with Crippen LogP contribution in [0.3, 0.4) is 0 Å². The number of anilines is 2. The van der Waals surface area contributed by atoms with E-state index in [2.05, 4.69) is 33.8 Å². The molecule has 1 amide bonds. The minimum Gasteiger partial charge on any atom is -0.378 e. The van der Waals surface area contributed by atoms with Crippen molar-refractivity contribution in [2.45, 2.75) is 25.5 Å². The first-order valence-electron chi connectivity index (χ1n) is 10.5. The Morgan fingerprint density at radius 1 is 0.939 bits per heavy atom. The van der Waals surface area contributed by atoms with Crippen LogP contribution in [0.15, 0.2) is 78.0 Å². The number of hydrogen-bond acceptors (Lipinski definition) is 5. The fourth-order valence-electron chi connectivity index (χ4n) is 3.35. The molecule has 0 saturated carbocycles. The maximum Gasteiger partial charge on any atom is 0.234 e. The molecule has 2 N–H and O–H groups in total. The van der Waals surface area contributed by atoms with Crippen molar-refractivity contribution in [3.05, 3.63) is 94.8 Å². The number of hydrogen-bond donors (Lipinski definition) is 2. The van der Waals surface area contributed by atoms with Crippen LogP contribution >= 0.6 is 23.4 Å². The van der Waals surface area contributed by atoms with Crippen LogP contribution in [0.2, 0.25) is 5.02 Å². The molecular formula is C25H24ClN5OS. The van der Waals surface area contributed by atoms with Gasteiger partial charge in [0.25, 0.3) is 0 Å². The predicted octanol–water partition coefficient (Wildman–Crippen LogP) is 5.88. The van der Waals surface area contributed by atoms with Gasteiger partial charge in [-0.2, -0.15) is 0 Å². The molecule has 0 saturated heterocycles. The van der Waals surface area contributed by atoms with Crippen LogP contribution < -0.4 is 10.6 Å². The molecule has 0 unspecified atom stereocenters. The van der Waals surface area contributed by atoms with Crippen molar-refractivity contribution in [2.75, 3.05) is 16.4 Å². The number of benzene rings is 3. The Morgan fingerprint density at radius 3 is 2.45 bits per heavy atom. The highest BCUT2D eigenvalue weighted by Crippen LogP contribution is 2.25. The molecule has 0 bridgehead atoms. The summed E-state index contributed by atoms with van der Waals surface area (Å²) in [5.74, 6) is 0.827. The Balaban J connectivity index is 1.51. The summed E-state index contributed by atoms with van der Waals surface area (Å²) in [6, 6.07) is 23.5. The molecular weight excluding hydrogens is 454 g/mol. The van der Waals surface area contributed by atoms with Gasteiger partial charge in [0, 0.05) is 22.1 Å². The number of rotatable bonds is 8. The van der Waals surface area contributed by atoms with Crippen molar-refractivity contribution in [1.82, 2.24) is 14.8 Å². The van der Waals surface area contributed by atoms with Gasteiger partial charge in [-0.15, -0.1) is 10.2 Å². The standard InChI is InChI=1S/C25H24ClN5OS/c1-17-9-6-7-13-21(17)27-15-23-29-30-25(31(23)19-10-4-3-5-11-19)33-16-24(32)28-22-14-8-12-20(26)18(22)2/h3-14,27H,15-16H2,1-2H3,(H,28,32). The second-order valence-corrected chi connectivity index (χ2v) is 8.84. The van der Waals surface area contributed by atoms with E-state index in [1.54, 1.807) is 6.07 Å². The molecule has 3 aromatic carbocycles. The molecule has 1 heterocycles. The Labute approximate surface area is 202 Å². The molecule has 0 aliphatic carbocycles. The van der Waals surface area contributed by atoms with Gasteiger partial charge < -0.3 is 10.6 Å². The molecule has 0 aliphatic heterocycles. The van der Waals surface area contributed by atoms with Crippen molar-refractivity contribution < 1.29 is 4.79 Å². The first-order chi connectivity index (χ1) is 16.0. The number of thioether (sulfide) groups is 1. The fraction of sp³-hybridized carbons (Fsp3) is 0.160. The van der Waals surface area contributed by atoms with Crippen LogP contribution in [0.5, 0.6) is 0 Å². The molecule has 33 heavy (non-hydrogen) atoms. The summed E-state index contributed by atoms with van der Waals surface area (Å²) in [4.78, 5) is 12.6. The third kappa shape index (κ3) is 5.56. The molecule has 1 aromatic heterocycles. The number of amides is 1. The van der Waals surface area contributed by atoms with Gasteiger partial charge in [-0.1, -0.05) is 65.8 Å². The van der Waals surface area contributed by atoms with Gasteiger partial charge in [0.15, 0.2) is 11.0 Å². The molecule has 168 valence electrons. The zero-order valence-electron chi connectivity index (χ0n) is 18.4. The van der Waals surface area contributed by atoms with E-state index in [-0.39, 0.29) is 11.7 Å². The van der Waals surface area contributed by atoms with Crippen molar-refractivity contribution >= 4 is 40.6 Å². The summed E-state index contributed by atoms with van der Waals surface area (Å²) in [5, 5.41) is 16.4. The zero-order chi connectivity index (χ0) is 23.2. The fourth-order valence-corrected chi connectivity index (χ4v) is 4.29. The zero-order valence-corrected chi connectivity index (χ0v) is 20.0. The molecule has 6 nitrogen and oxygen atoms in total. The topological polar surface area (TPSA) is 71.8 Å². The van der Waals surface area contributed by atoms with Crippen molar-refractivity contribution in [2.24, 2.45) is 0 Å². The Bertz CT molecular complexity index is 1260. The van der Waals surface area contributed by atoms with Gasteiger partial charge in [-0.3, -0.25) is 9.36 Å². The smallest absolute Gasteiger partial charge is 0.234 e. The monoisotopic (exact) mass is 477 g/mol. The highest BCUT2D eigenvalue weighted by atomic mass is 35.5. The summed E-state index contributed by atoms with van der Waals surface area (Å²) < 4.78 is 1.98. The summed E-state index contributed by atoms with van der Waals surface area (Å²) in [6.45, 7) is 4.44. The Hall–Kier alpha value is -3.29. The average molecular weight is 478 g/mol.